The normalized spacial score (nSPS) is 20.6. The second kappa shape index (κ2) is 5.16. The fourth-order valence-corrected chi connectivity index (χ4v) is 2.83. The molecule has 0 atom stereocenters. The molecule has 0 spiro atoms. The molecule has 0 aliphatic carbocycles. The van der Waals surface area contributed by atoms with Gasteiger partial charge in [-0.15, -0.1) is 0 Å². The molecule has 18 heavy (non-hydrogen) atoms. The van der Waals surface area contributed by atoms with Crippen LogP contribution < -0.4 is 15.0 Å². The van der Waals surface area contributed by atoms with Gasteiger partial charge in [0.2, 0.25) is 0 Å². The van der Waals surface area contributed by atoms with Gasteiger partial charge in [0.15, 0.2) is 0 Å². The first-order valence-corrected chi connectivity index (χ1v) is 6.60. The van der Waals surface area contributed by atoms with Crippen LogP contribution in [-0.2, 0) is 11.3 Å². The van der Waals surface area contributed by atoms with Crippen molar-refractivity contribution in [1.82, 2.24) is 5.32 Å². The first kappa shape index (κ1) is 11.8. The van der Waals surface area contributed by atoms with E-state index in [0.717, 1.165) is 18.8 Å². The van der Waals surface area contributed by atoms with Gasteiger partial charge < -0.3 is 19.7 Å². The second-order valence-corrected chi connectivity index (χ2v) is 4.92. The quantitative estimate of drug-likeness (QED) is 0.864. The average molecular weight is 248 g/mol. The van der Waals surface area contributed by atoms with Crippen molar-refractivity contribution in [3.05, 3.63) is 23.8 Å². The molecule has 3 rings (SSSR count). The lowest BCUT2D eigenvalue weighted by molar-refractivity contribution is 0.101. The number of methoxy groups -OCH3 is 1. The van der Waals surface area contributed by atoms with E-state index in [1.165, 1.54) is 24.1 Å². The molecule has 1 N–H and O–H groups in total. The van der Waals surface area contributed by atoms with E-state index in [1.54, 1.807) is 7.11 Å². The molecule has 98 valence electrons. The molecule has 1 aromatic carbocycles. The molecule has 0 bridgehead atoms. The van der Waals surface area contributed by atoms with Crippen LogP contribution in [0.4, 0.5) is 5.69 Å². The number of rotatable bonds is 2. The minimum atomic E-state index is 0.596. The molecule has 1 fully saturated rings. The summed E-state index contributed by atoms with van der Waals surface area (Å²) in [6, 6.07) is 6.89. The molecule has 0 aromatic heterocycles. The van der Waals surface area contributed by atoms with E-state index in [-0.39, 0.29) is 0 Å². The van der Waals surface area contributed by atoms with Gasteiger partial charge in [-0.3, -0.25) is 0 Å². The van der Waals surface area contributed by atoms with E-state index in [0.29, 0.717) is 19.4 Å². The Morgan fingerprint density at radius 2 is 2.17 bits per heavy atom. The largest absolute Gasteiger partial charge is 0.497 e. The van der Waals surface area contributed by atoms with Gasteiger partial charge in [-0.2, -0.15) is 0 Å². The Labute approximate surface area is 108 Å². The Bertz CT molecular complexity index is 416. The molecule has 4 heteroatoms. The maximum absolute atomic E-state index is 5.71. The van der Waals surface area contributed by atoms with Gasteiger partial charge in [-0.25, -0.2) is 0 Å². The van der Waals surface area contributed by atoms with Crippen LogP contribution in [0.5, 0.6) is 5.75 Å². The number of piperidine rings is 1. The number of nitrogens with one attached hydrogen (secondary N) is 1. The van der Waals surface area contributed by atoms with E-state index < -0.39 is 0 Å². The molecule has 4 nitrogen and oxygen atoms in total. The van der Waals surface area contributed by atoms with Gasteiger partial charge >= 0.3 is 0 Å². The third-order valence-electron chi connectivity index (χ3n) is 3.83. The van der Waals surface area contributed by atoms with Crippen molar-refractivity contribution in [3.8, 4) is 5.75 Å². The van der Waals surface area contributed by atoms with Crippen molar-refractivity contribution in [1.29, 1.82) is 0 Å². The molecule has 0 radical (unpaired) electrons. The minimum absolute atomic E-state index is 0.596. The Hall–Kier alpha value is -1.26. The van der Waals surface area contributed by atoms with E-state index in [9.17, 15) is 0 Å². The number of hydrogen-bond donors (Lipinski definition) is 1. The Kier molecular flexibility index (Phi) is 3.39. The zero-order chi connectivity index (χ0) is 12.4. The summed E-state index contributed by atoms with van der Waals surface area (Å²) in [5.74, 6) is 0.907. The SMILES string of the molecule is COc1ccc2c(c1)COCN2C1CCNCC1. The Morgan fingerprint density at radius 1 is 1.33 bits per heavy atom. The lowest BCUT2D eigenvalue weighted by Crippen LogP contribution is -2.45. The van der Waals surface area contributed by atoms with Crippen LogP contribution in [0.3, 0.4) is 0 Å². The van der Waals surface area contributed by atoms with E-state index >= 15 is 0 Å². The number of fused-ring (bicyclic) bond motifs is 1. The summed E-state index contributed by atoms with van der Waals surface area (Å²) in [6.07, 6.45) is 2.38. The number of nitrogens with zero attached hydrogens (tertiary/aromatic N) is 1. The summed E-state index contributed by atoms with van der Waals surface area (Å²) in [5, 5.41) is 3.41. The van der Waals surface area contributed by atoms with E-state index in [4.69, 9.17) is 9.47 Å². The maximum atomic E-state index is 5.71. The molecule has 2 aliphatic heterocycles. The maximum Gasteiger partial charge on any atom is 0.119 e. The number of hydrogen-bond acceptors (Lipinski definition) is 4. The zero-order valence-corrected chi connectivity index (χ0v) is 10.8. The first-order chi connectivity index (χ1) is 8.88. The highest BCUT2D eigenvalue weighted by Crippen LogP contribution is 2.32. The van der Waals surface area contributed by atoms with Gasteiger partial charge in [-0.05, 0) is 44.1 Å². The van der Waals surface area contributed by atoms with Gasteiger partial charge in [0.1, 0.15) is 12.5 Å². The van der Waals surface area contributed by atoms with Crippen LogP contribution in [-0.4, -0.2) is 33.0 Å². The van der Waals surface area contributed by atoms with Crippen LogP contribution in [0.25, 0.3) is 0 Å². The second-order valence-electron chi connectivity index (χ2n) is 4.92. The van der Waals surface area contributed by atoms with Crippen molar-refractivity contribution in [2.24, 2.45) is 0 Å². The lowest BCUT2D eigenvalue weighted by Gasteiger charge is -2.39. The van der Waals surface area contributed by atoms with Crippen molar-refractivity contribution in [2.75, 3.05) is 31.8 Å². The molecule has 2 heterocycles. The third kappa shape index (κ3) is 2.18. The van der Waals surface area contributed by atoms with E-state index in [1.807, 2.05) is 6.07 Å². The topological polar surface area (TPSA) is 33.7 Å². The predicted octanol–water partition coefficient (Wildman–Crippen LogP) is 1.74. The Morgan fingerprint density at radius 3 is 2.94 bits per heavy atom. The summed E-state index contributed by atoms with van der Waals surface area (Å²) in [6.45, 7) is 3.61. The van der Waals surface area contributed by atoms with E-state index in [2.05, 4.69) is 22.3 Å². The summed E-state index contributed by atoms with van der Waals surface area (Å²) in [4.78, 5) is 2.40. The zero-order valence-electron chi connectivity index (χ0n) is 10.8. The fourth-order valence-electron chi connectivity index (χ4n) is 2.83. The summed E-state index contributed by atoms with van der Waals surface area (Å²) in [5.41, 5.74) is 2.55. The highest BCUT2D eigenvalue weighted by Gasteiger charge is 2.26. The highest BCUT2D eigenvalue weighted by atomic mass is 16.5. The van der Waals surface area contributed by atoms with Gasteiger partial charge in [0.05, 0.1) is 13.7 Å². The van der Waals surface area contributed by atoms with Gasteiger partial charge in [0, 0.05) is 17.3 Å². The first-order valence-electron chi connectivity index (χ1n) is 6.60. The molecule has 2 aliphatic rings. The van der Waals surface area contributed by atoms with Crippen molar-refractivity contribution in [2.45, 2.75) is 25.5 Å². The van der Waals surface area contributed by atoms with Crippen LogP contribution in [0.1, 0.15) is 18.4 Å². The smallest absolute Gasteiger partial charge is 0.119 e. The van der Waals surface area contributed by atoms with Crippen LogP contribution in [0.15, 0.2) is 18.2 Å². The predicted molar refractivity (Wildman–Crippen MR) is 71.0 cm³/mol. The highest BCUT2D eigenvalue weighted by molar-refractivity contribution is 5.57. The van der Waals surface area contributed by atoms with Crippen LogP contribution >= 0.6 is 0 Å². The summed E-state index contributed by atoms with van der Waals surface area (Å²) >= 11 is 0. The van der Waals surface area contributed by atoms with Crippen LogP contribution in [0, 0.1) is 0 Å². The van der Waals surface area contributed by atoms with Crippen molar-refractivity contribution < 1.29 is 9.47 Å². The summed E-state index contributed by atoms with van der Waals surface area (Å²) in [7, 11) is 1.70. The molecule has 0 saturated carbocycles. The molecule has 0 amide bonds. The molecule has 1 saturated heterocycles. The standard InChI is InChI=1S/C14H20N2O2/c1-17-13-2-3-14-11(8-13)9-18-10-16(14)12-4-6-15-7-5-12/h2-3,8,12,15H,4-7,9-10H2,1H3. The monoisotopic (exact) mass is 248 g/mol. The number of anilines is 1. The Balaban J connectivity index is 1.86. The van der Waals surface area contributed by atoms with Crippen molar-refractivity contribution >= 4 is 5.69 Å². The van der Waals surface area contributed by atoms with Crippen LogP contribution in [0.2, 0.25) is 0 Å². The number of ether oxygens (including phenoxy) is 2. The van der Waals surface area contributed by atoms with Crippen molar-refractivity contribution in [3.63, 3.8) is 0 Å². The van der Waals surface area contributed by atoms with Gasteiger partial charge in [0.25, 0.3) is 0 Å². The third-order valence-corrected chi connectivity index (χ3v) is 3.83. The lowest BCUT2D eigenvalue weighted by atomic mass is 10.0. The van der Waals surface area contributed by atoms with Gasteiger partial charge in [-0.1, -0.05) is 0 Å². The average Bonchev–Trinajstić information content (AvgIpc) is 2.47. The summed E-state index contributed by atoms with van der Waals surface area (Å²) < 4.78 is 11.0. The molecular weight excluding hydrogens is 228 g/mol. The minimum Gasteiger partial charge on any atom is -0.497 e. The fraction of sp³-hybridized carbons (Fsp3) is 0.571. The molecule has 1 aromatic rings. The molecule has 0 unspecified atom stereocenters. The number of benzene rings is 1. The molecular formula is C14H20N2O2.